The molecule has 0 aromatic heterocycles. The van der Waals surface area contributed by atoms with Crippen LogP contribution in [0.5, 0.6) is 5.75 Å². The number of terminal acetylenes is 1. The standard InChI is InChI=1S/C29H11F13O/c1-4-5-6-10-9(2)13(17-20(32)24(36)19(29(40,41)42)25(37)21(17)33)15-11(30)7-8-12(31)16(15)14(10)18-22(34)26(38)28(43-3)27(39)23(18)35/h1,5-8H,2-3H3/b6-5-. The summed E-state index contributed by atoms with van der Waals surface area (Å²) in [6.45, 7) is 0.775. The highest BCUT2D eigenvalue weighted by Crippen LogP contribution is 2.49. The van der Waals surface area contributed by atoms with E-state index >= 15 is 26.3 Å². The number of benzene rings is 4. The summed E-state index contributed by atoms with van der Waals surface area (Å²) in [4.78, 5) is 0. The van der Waals surface area contributed by atoms with E-state index < -0.39 is 120 Å². The van der Waals surface area contributed by atoms with Crippen LogP contribution in [0.25, 0.3) is 39.1 Å². The second-order valence-corrected chi connectivity index (χ2v) is 8.74. The van der Waals surface area contributed by atoms with Gasteiger partial charge in [-0.3, -0.25) is 0 Å². The van der Waals surface area contributed by atoms with Crippen molar-refractivity contribution in [1.82, 2.24) is 0 Å². The monoisotopic (exact) mass is 622 g/mol. The van der Waals surface area contributed by atoms with Gasteiger partial charge in [0.25, 0.3) is 0 Å². The molecule has 0 spiro atoms. The fourth-order valence-electron chi connectivity index (χ4n) is 4.71. The Morgan fingerprint density at radius 2 is 1.07 bits per heavy atom. The Labute approximate surface area is 232 Å². The third-order valence-electron chi connectivity index (χ3n) is 6.47. The number of hydrogen-bond acceptors (Lipinski definition) is 1. The summed E-state index contributed by atoms with van der Waals surface area (Å²) in [7, 11) is 0.649. The Kier molecular flexibility index (Phi) is 7.90. The second-order valence-electron chi connectivity index (χ2n) is 8.74. The molecule has 0 amide bonds. The first kappa shape index (κ1) is 31.3. The lowest BCUT2D eigenvalue weighted by atomic mass is 9.82. The third kappa shape index (κ3) is 4.63. The number of ether oxygens (including phenoxy) is 1. The molecule has 4 rings (SSSR count). The predicted molar refractivity (Wildman–Crippen MR) is 129 cm³/mol. The van der Waals surface area contributed by atoms with E-state index in [4.69, 9.17) is 6.42 Å². The quantitative estimate of drug-likeness (QED) is 0.125. The maximum absolute atomic E-state index is 15.5. The first-order valence-electron chi connectivity index (χ1n) is 11.4. The first-order valence-corrected chi connectivity index (χ1v) is 11.4. The summed E-state index contributed by atoms with van der Waals surface area (Å²) in [5, 5.41) is -2.73. The van der Waals surface area contributed by atoms with Crippen molar-refractivity contribution < 1.29 is 61.8 Å². The van der Waals surface area contributed by atoms with E-state index in [1.54, 1.807) is 0 Å². The van der Waals surface area contributed by atoms with Crippen molar-refractivity contribution in [2.75, 3.05) is 7.11 Å². The molecule has 0 aliphatic carbocycles. The molecule has 43 heavy (non-hydrogen) atoms. The van der Waals surface area contributed by atoms with E-state index in [1.807, 2.05) is 5.92 Å². The van der Waals surface area contributed by atoms with Gasteiger partial charge in [0.2, 0.25) is 11.6 Å². The summed E-state index contributed by atoms with van der Waals surface area (Å²) < 4.78 is 194. The van der Waals surface area contributed by atoms with Crippen molar-refractivity contribution in [2.45, 2.75) is 13.1 Å². The van der Waals surface area contributed by atoms with Crippen LogP contribution in [0.4, 0.5) is 57.1 Å². The minimum atomic E-state index is -5.95. The van der Waals surface area contributed by atoms with E-state index in [2.05, 4.69) is 4.74 Å². The number of alkyl halides is 3. The molecule has 224 valence electrons. The molecule has 0 fully saturated rings. The Morgan fingerprint density at radius 3 is 1.49 bits per heavy atom. The van der Waals surface area contributed by atoms with E-state index in [-0.39, 0.29) is 0 Å². The normalized spacial score (nSPS) is 12.0. The fourth-order valence-corrected chi connectivity index (χ4v) is 4.71. The molecule has 0 saturated heterocycles. The minimum Gasteiger partial charge on any atom is -0.491 e. The molecule has 0 radical (unpaired) electrons. The molecule has 0 saturated carbocycles. The molecular formula is C29H11F13O. The van der Waals surface area contributed by atoms with Crippen molar-refractivity contribution in [3.8, 4) is 40.3 Å². The van der Waals surface area contributed by atoms with Crippen LogP contribution in [0.15, 0.2) is 18.2 Å². The van der Waals surface area contributed by atoms with Gasteiger partial charge in [0, 0.05) is 21.9 Å². The molecule has 0 N–H and O–H groups in total. The van der Waals surface area contributed by atoms with Gasteiger partial charge >= 0.3 is 6.18 Å². The summed E-state index contributed by atoms with van der Waals surface area (Å²) in [6, 6.07) is 0.623. The van der Waals surface area contributed by atoms with Gasteiger partial charge in [0.05, 0.1) is 18.2 Å². The Bertz CT molecular complexity index is 1860. The lowest BCUT2D eigenvalue weighted by Crippen LogP contribution is -2.16. The van der Waals surface area contributed by atoms with Crippen LogP contribution in [-0.2, 0) is 6.18 Å². The van der Waals surface area contributed by atoms with Gasteiger partial charge in [-0.1, -0.05) is 5.92 Å². The fraction of sp³-hybridized carbons (Fsp3) is 0.103. The average Bonchev–Trinajstić information content (AvgIpc) is 2.93. The van der Waals surface area contributed by atoms with Crippen LogP contribution < -0.4 is 4.74 Å². The van der Waals surface area contributed by atoms with Gasteiger partial charge in [-0.05, 0) is 42.3 Å². The minimum absolute atomic E-state index is 0.301. The van der Waals surface area contributed by atoms with Crippen molar-refractivity contribution >= 4 is 16.8 Å². The van der Waals surface area contributed by atoms with Crippen LogP contribution >= 0.6 is 0 Å². The predicted octanol–water partition coefficient (Wildman–Crippen LogP) is 9.55. The maximum Gasteiger partial charge on any atom is 0.422 e. The molecule has 4 aromatic rings. The van der Waals surface area contributed by atoms with Gasteiger partial charge in [-0.2, -0.15) is 22.0 Å². The SMILES string of the molecule is C#C/C=C\c1c(C)c(-c2c(F)c(F)c(C(F)(F)F)c(F)c2F)c2c(F)ccc(F)c2c1-c1c(F)c(F)c(OC)c(F)c1F. The zero-order chi connectivity index (χ0) is 32.3. The Morgan fingerprint density at radius 1 is 0.651 bits per heavy atom. The van der Waals surface area contributed by atoms with Crippen LogP contribution in [0.2, 0.25) is 0 Å². The Balaban J connectivity index is 2.40. The molecule has 0 aliphatic rings. The van der Waals surface area contributed by atoms with Crippen LogP contribution in [0.3, 0.4) is 0 Å². The molecule has 0 atom stereocenters. The van der Waals surface area contributed by atoms with Crippen LogP contribution in [0, 0.1) is 77.4 Å². The van der Waals surface area contributed by atoms with Crippen molar-refractivity contribution in [2.24, 2.45) is 0 Å². The number of hydrogen-bond donors (Lipinski definition) is 0. The summed E-state index contributed by atoms with van der Waals surface area (Å²) >= 11 is 0. The molecule has 0 heterocycles. The van der Waals surface area contributed by atoms with E-state index in [1.165, 1.54) is 0 Å². The molecule has 14 heteroatoms. The van der Waals surface area contributed by atoms with Crippen LogP contribution in [-0.4, -0.2) is 7.11 Å². The molecule has 0 unspecified atom stereocenters. The largest absolute Gasteiger partial charge is 0.491 e. The highest BCUT2D eigenvalue weighted by atomic mass is 19.4. The van der Waals surface area contributed by atoms with E-state index in [0.29, 0.717) is 25.3 Å². The molecule has 1 nitrogen and oxygen atoms in total. The van der Waals surface area contributed by atoms with Gasteiger partial charge in [-0.25, -0.2) is 35.1 Å². The lowest BCUT2D eigenvalue weighted by molar-refractivity contribution is -0.143. The number of methoxy groups -OCH3 is 1. The maximum atomic E-state index is 15.5. The van der Waals surface area contributed by atoms with Gasteiger partial charge in [0.1, 0.15) is 17.2 Å². The summed E-state index contributed by atoms with van der Waals surface area (Å²) in [5.74, 6) is -23.0. The molecule has 0 bridgehead atoms. The third-order valence-corrected chi connectivity index (χ3v) is 6.47. The zero-order valence-electron chi connectivity index (χ0n) is 21.2. The topological polar surface area (TPSA) is 9.23 Å². The second kappa shape index (κ2) is 10.9. The smallest absolute Gasteiger partial charge is 0.422 e. The van der Waals surface area contributed by atoms with Crippen molar-refractivity contribution in [1.29, 1.82) is 0 Å². The summed E-state index contributed by atoms with van der Waals surface area (Å²) in [5.41, 5.74) is -10.8. The molecule has 0 aliphatic heterocycles. The van der Waals surface area contributed by atoms with Crippen LogP contribution in [0.1, 0.15) is 16.7 Å². The summed E-state index contributed by atoms with van der Waals surface area (Å²) in [6.07, 6.45) is 0.599. The number of rotatable bonds is 4. The molecule has 4 aromatic carbocycles. The van der Waals surface area contributed by atoms with Gasteiger partial charge < -0.3 is 4.74 Å². The molecular weight excluding hydrogens is 611 g/mol. The van der Waals surface area contributed by atoms with Crippen molar-refractivity contribution in [3.63, 3.8) is 0 Å². The van der Waals surface area contributed by atoms with E-state index in [9.17, 15) is 30.7 Å². The average molecular weight is 622 g/mol. The first-order chi connectivity index (χ1) is 20.0. The zero-order valence-corrected chi connectivity index (χ0v) is 21.2. The van der Waals surface area contributed by atoms with Crippen molar-refractivity contribution in [3.05, 3.63) is 93.1 Å². The Hall–Kier alpha value is -4.67. The van der Waals surface area contributed by atoms with E-state index in [0.717, 1.165) is 13.0 Å². The van der Waals surface area contributed by atoms with Gasteiger partial charge in [0.15, 0.2) is 40.7 Å². The van der Waals surface area contributed by atoms with Gasteiger partial charge in [-0.15, -0.1) is 6.42 Å². The highest BCUT2D eigenvalue weighted by molar-refractivity contribution is 6.10. The highest BCUT2D eigenvalue weighted by Gasteiger charge is 2.43. The lowest BCUT2D eigenvalue weighted by Gasteiger charge is -2.23. The number of allylic oxidation sites excluding steroid dienone is 1. The number of fused-ring (bicyclic) bond motifs is 1. The number of halogens is 13.